The standard InChI is InChI=1S/C11H17NO/c1-4-12-11-7-6-10(13-5-2)8-9(11)3/h6-8,12H,4-5H2,1-3H3. The molecular weight excluding hydrogens is 162 g/mol. The van der Waals surface area contributed by atoms with Crippen molar-refractivity contribution >= 4 is 5.69 Å². The molecule has 2 nitrogen and oxygen atoms in total. The van der Waals surface area contributed by atoms with Crippen LogP contribution < -0.4 is 10.1 Å². The highest BCUT2D eigenvalue weighted by atomic mass is 16.5. The van der Waals surface area contributed by atoms with Gasteiger partial charge in [0.25, 0.3) is 0 Å². The third-order valence-electron chi connectivity index (χ3n) is 1.88. The van der Waals surface area contributed by atoms with Crippen LogP contribution >= 0.6 is 0 Å². The average Bonchev–Trinajstić information content (AvgIpc) is 2.10. The van der Waals surface area contributed by atoms with E-state index in [1.807, 2.05) is 13.0 Å². The normalized spacial score (nSPS) is 9.77. The number of benzene rings is 1. The zero-order valence-corrected chi connectivity index (χ0v) is 8.55. The van der Waals surface area contributed by atoms with Crippen molar-refractivity contribution in [3.05, 3.63) is 23.8 Å². The maximum Gasteiger partial charge on any atom is 0.119 e. The van der Waals surface area contributed by atoms with Gasteiger partial charge in [0.2, 0.25) is 0 Å². The van der Waals surface area contributed by atoms with Crippen molar-refractivity contribution in [2.24, 2.45) is 0 Å². The van der Waals surface area contributed by atoms with E-state index in [2.05, 4.69) is 31.3 Å². The molecule has 1 aromatic rings. The zero-order valence-electron chi connectivity index (χ0n) is 8.55. The third-order valence-corrected chi connectivity index (χ3v) is 1.88. The molecule has 2 heteroatoms. The van der Waals surface area contributed by atoms with Gasteiger partial charge in [0.1, 0.15) is 5.75 Å². The minimum absolute atomic E-state index is 0.722. The van der Waals surface area contributed by atoms with Crippen LogP contribution in [0, 0.1) is 6.92 Å². The summed E-state index contributed by atoms with van der Waals surface area (Å²) < 4.78 is 5.39. The van der Waals surface area contributed by atoms with Crippen LogP contribution in [0.4, 0.5) is 5.69 Å². The van der Waals surface area contributed by atoms with Gasteiger partial charge >= 0.3 is 0 Å². The molecule has 1 aromatic carbocycles. The van der Waals surface area contributed by atoms with Gasteiger partial charge in [-0.15, -0.1) is 0 Å². The number of anilines is 1. The number of nitrogens with one attached hydrogen (secondary N) is 1. The summed E-state index contributed by atoms with van der Waals surface area (Å²) in [5.74, 6) is 0.946. The summed E-state index contributed by atoms with van der Waals surface area (Å²) in [5.41, 5.74) is 2.42. The fraction of sp³-hybridized carbons (Fsp3) is 0.455. The van der Waals surface area contributed by atoms with Crippen LogP contribution in [0.5, 0.6) is 5.75 Å². The van der Waals surface area contributed by atoms with E-state index in [9.17, 15) is 0 Å². The van der Waals surface area contributed by atoms with Crippen LogP contribution in [0.15, 0.2) is 18.2 Å². The van der Waals surface area contributed by atoms with Gasteiger partial charge in [-0.2, -0.15) is 0 Å². The lowest BCUT2D eigenvalue weighted by Gasteiger charge is -2.09. The van der Waals surface area contributed by atoms with Crippen molar-refractivity contribution < 1.29 is 4.74 Å². The molecule has 0 spiro atoms. The Labute approximate surface area is 79.9 Å². The predicted octanol–water partition coefficient (Wildman–Crippen LogP) is 2.83. The maximum absolute atomic E-state index is 5.39. The van der Waals surface area contributed by atoms with Crippen LogP contribution in [-0.2, 0) is 0 Å². The highest BCUT2D eigenvalue weighted by Crippen LogP contribution is 2.20. The highest BCUT2D eigenvalue weighted by molar-refractivity contribution is 5.53. The lowest BCUT2D eigenvalue weighted by molar-refractivity contribution is 0.340. The van der Waals surface area contributed by atoms with Gasteiger partial charge in [0.15, 0.2) is 0 Å². The topological polar surface area (TPSA) is 21.3 Å². The molecule has 0 fully saturated rings. The van der Waals surface area contributed by atoms with E-state index < -0.39 is 0 Å². The van der Waals surface area contributed by atoms with Crippen LogP contribution in [0.1, 0.15) is 19.4 Å². The van der Waals surface area contributed by atoms with Crippen molar-refractivity contribution in [1.29, 1.82) is 0 Å². The quantitative estimate of drug-likeness (QED) is 0.767. The number of hydrogen-bond acceptors (Lipinski definition) is 2. The fourth-order valence-corrected chi connectivity index (χ4v) is 1.28. The molecule has 13 heavy (non-hydrogen) atoms. The van der Waals surface area contributed by atoms with E-state index in [0.29, 0.717) is 0 Å². The van der Waals surface area contributed by atoms with Crippen LogP contribution in [-0.4, -0.2) is 13.2 Å². The Balaban J connectivity index is 2.79. The van der Waals surface area contributed by atoms with Crippen LogP contribution in [0.2, 0.25) is 0 Å². The van der Waals surface area contributed by atoms with Gasteiger partial charge in [-0.1, -0.05) is 0 Å². The molecule has 1 N–H and O–H groups in total. The summed E-state index contributed by atoms with van der Waals surface area (Å²) in [6.07, 6.45) is 0. The summed E-state index contributed by atoms with van der Waals surface area (Å²) in [4.78, 5) is 0. The van der Waals surface area contributed by atoms with Gasteiger partial charge in [0, 0.05) is 12.2 Å². The van der Waals surface area contributed by atoms with E-state index in [1.165, 1.54) is 11.3 Å². The van der Waals surface area contributed by atoms with Gasteiger partial charge in [-0.05, 0) is 44.5 Å². The van der Waals surface area contributed by atoms with E-state index in [0.717, 1.165) is 18.9 Å². The molecule has 0 atom stereocenters. The van der Waals surface area contributed by atoms with Gasteiger partial charge < -0.3 is 10.1 Å². The Morgan fingerprint density at radius 1 is 1.31 bits per heavy atom. The summed E-state index contributed by atoms with van der Waals surface area (Å²) in [7, 11) is 0. The molecule has 0 bridgehead atoms. The summed E-state index contributed by atoms with van der Waals surface area (Å²) in [6, 6.07) is 6.11. The average molecular weight is 179 g/mol. The maximum atomic E-state index is 5.39. The molecule has 0 amide bonds. The molecule has 0 aliphatic heterocycles. The molecule has 0 radical (unpaired) electrons. The molecule has 0 unspecified atom stereocenters. The first-order valence-electron chi connectivity index (χ1n) is 4.75. The Hall–Kier alpha value is -1.18. The van der Waals surface area contributed by atoms with E-state index >= 15 is 0 Å². The Kier molecular flexibility index (Phi) is 3.62. The first kappa shape index (κ1) is 9.90. The van der Waals surface area contributed by atoms with Crippen LogP contribution in [0.3, 0.4) is 0 Å². The third kappa shape index (κ3) is 2.65. The second-order valence-corrected chi connectivity index (χ2v) is 2.94. The molecular formula is C11H17NO. The molecule has 0 aromatic heterocycles. The summed E-state index contributed by atoms with van der Waals surface area (Å²) in [6.45, 7) is 7.85. The number of ether oxygens (including phenoxy) is 1. The van der Waals surface area contributed by atoms with Crippen LogP contribution in [0.25, 0.3) is 0 Å². The first-order valence-corrected chi connectivity index (χ1v) is 4.75. The Morgan fingerprint density at radius 2 is 2.08 bits per heavy atom. The highest BCUT2D eigenvalue weighted by Gasteiger charge is 1.98. The van der Waals surface area contributed by atoms with Gasteiger partial charge in [-0.25, -0.2) is 0 Å². The lowest BCUT2D eigenvalue weighted by atomic mass is 10.2. The summed E-state index contributed by atoms with van der Waals surface area (Å²) in [5, 5.41) is 3.29. The zero-order chi connectivity index (χ0) is 9.68. The molecule has 1 rings (SSSR count). The van der Waals surface area contributed by atoms with Crippen molar-refractivity contribution in [1.82, 2.24) is 0 Å². The Bertz CT molecular complexity index is 271. The minimum Gasteiger partial charge on any atom is -0.494 e. The number of rotatable bonds is 4. The Morgan fingerprint density at radius 3 is 2.62 bits per heavy atom. The molecule has 0 heterocycles. The van der Waals surface area contributed by atoms with Crippen molar-refractivity contribution in [3.63, 3.8) is 0 Å². The van der Waals surface area contributed by atoms with Crippen molar-refractivity contribution in [3.8, 4) is 5.75 Å². The molecule has 72 valence electrons. The first-order chi connectivity index (χ1) is 6.27. The SMILES string of the molecule is CCNc1ccc(OCC)cc1C. The number of aryl methyl sites for hydroxylation is 1. The smallest absolute Gasteiger partial charge is 0.119 e. The monoisotopic (exact) mass is 179 g/mol. The molecule has 0 saturated carbocycles. The molecule has 0 saturated heterocycles. The molecule has 0 aliphatic carbocycles. The van der Waals surface area contributed by atoms with Gasteiger partial charge in [0.05, 0.1) is 6.61 Å². The van der Waals surface area contributed by atoms with E-state index in [-0.39, 0.29) is 0 Å². The second kappa shape index (κ2) is 4.75. The largest absolute Gasteiger partial charge is 0.494 e. The predicted molar refractivity (Wildman–Crippen MR) is 56.5 cm³/mol. The number of hydrogen-bond donors (Lipinski definition) is 1. The summed E-state index contributed by atoms with van der Waals surface area (Å²) >= 11 is 0. The minimum atomic E-state index is 0.722. The van der Waals surface area contributed by atoms with Gasteiger partial charge in [-0.3, -0.25) is 0 Å². The molecule has 0 aliphatic rings. The van der Waals surface area contributed by atoms with E-state index in [1.54, 1.807) is 0 Å². The second-order valence-electron chi connectivity index (χ2n) is 2.94. The lowest BCUT2D eigenvalue weighted by Crippen LogP contribution is -1.99. The fourth-order valence-electron chi connectivity index (χ4n) is 1.28. The van der Waals surface area contributed by atoms with Crippen molar-refractivity contribution in [2.75, 3.05) is 18.5 Å². The van der Waals surface area contributed by atoms with E-state index in [4.69, 9.17) is 4.74 Å². The van der Waals surface area contributed by atoms with Crippen molar-refractivity contribution in [2.45, 2.75) is 20.8 Å².